The van der Waals surface area contributed by atoms with E-state index in [4.69, 9.17) is 11.6 Å². The van der Waals surface area contributed by atoms with Crippen molar-refractivity contribution in [1.82, 2.24) is 5.32 Å². The van der Waals surface area contributed by atoms with Crippen LogP contribution < -0.4 is 5.32 Å². The number of nitrogens with one attached hydrogen (secondary N) is 1. The largest absolute Gasteiger partial charge is 0.305 e. The van der Waals surface area contributed by atoms with Crippen molar-refractivity contribution in [3.8, 4) is 0 Å². The van der Waals surface area contributed by atoms with Gasteiger partial charge in [-0.15, -0.1) is 0 Å². The first-order valence-electron chi connectivity index (χ1n) is 5.44. The summed E-state index contributed by atoms with van der Waals surface area (Å²) in [4.78, 5) is 12.2. The second-order valence-electron chi connectivity index (χ2n) is 4.45. The van der Waals surface area contributed by atoms with Crippen LogP contribution in [-0.4, -0.2) is 17.9 Å². The Morgan fingerprint density at radius 2 is 2.06 bits per heavy atom. The van der Waals surface area contributed by atoms with Crippen LogP contribution in [0.25, 0.3) is 0 Å². The summed E-state index contributed by atoms with van der Waals surface area (Å²) in [5, 5.41) is 3.80. The summed E-state index contributed by atoms with van der Waals surface area (Å²) in [6, 6.07) is 5.43. The van der Waals surface area contributed by atoms with Crippen LogP contribution in [0.5, 0.6) is 0 Å². The molecule has 0 amide bonds. The molecule has 0 atom stereocenters. The van der Waals surface area contributed by atoms with Gasteiger partial charge in [-0.25, -0.2) is 0 Å². The summed E-state index contributed by atoms with van der Waals surface area (Å²) in [7, 11) is 0. The molecule has 0 spiro atoms. The molecule has 0 aromatic heterocycles. The molecule has 0 heterocycles. The Kier molecular flexibility index (Phi) is 4.11. The summed E-state index contributed by atoms with van der Waals surface area (Å²) >= 11 is 6.01. The van der Waals surface area contributed by atoms with E-state index in [2.05, 4.69) is 5.32 Å². The van der Waals surface area contributed by atoms with Gasteiger partial charge in [0.25, 0.3) is 0 Å². The third-order valence-corrected chi connectivity index (χ3v) is 3.03. The van der Waals surface area contributed by atoms with Gasteiger partial charge in [0.15, 0.2) is 5.78 Å². The molecule has 0 saturated heterocycles. The van der Waals surface area contributed by atoms with E-state index in [0.29, 0.717) is 10.6 Å². The van der Waals surface area contributed by atoms with Gasteiger partial charge in [0.2, 0.25) is 0 Å². The van der Waals surface area contributed by atoms with Crippen molar-refractivity contribution in [2.45, 2.75) is 33.2 Å². The number of carbonyl (C=O) groups is 1. The molecule has 88 valence electrons. The zero-order chi connectivity index (χ0) is 12.3. The number of rotatable bonds is 4. The lowest BCUT2D eigenvalue weighted by Crippen LogP contribution is -2.46. The van der Waals surface area contributed by atoms with Crippen molar-refractivity contribution >= 4 is 17.4 Å². The molecule has 0 aliphatic heterocycles. The van der Waals surface area contributed by atoms with Crippen LogP contribution in [0.2, 0.25) is 5.02 Å². The van der Waals surface area contributed by atoms with E-state index in [-0.39, 0.29) is 5.78 Å². The van der Waals surface area contributed by atoms with Crippen LogP contribution >= 0.6 is 11.6 Å². The van der Waals surface area contributed by atoms with Crippen LogP contribution in [0.3, 0.4) is 0 Å². The number of Topliss-reactive ketones (excluding diaryl/α,β-unsaturated/α-hetero) is 1. The van der Waals surface area contributed by atoms with Crippen LogP contribution in [-0.2, 0) is 0 Å². The molecule has 1 N–H and O–H groups in total. The SMILES string of the molecule is CCNC(C)(C)C(=O)c1ccc(C)c(Cl)c1. The number of benzene rings is 1. The van der Waals surface area contributed by atoms with Gasteiger partial charge in [0, 0.05) is 10.6 Å². The van der Waals surface area contributed by atoms with Gasteiger partial charge in [-0.1, -0.05) is 30.7 Å². The number of hydrogen-bond donors (Lipinski definition) is 1. The monoisotopic (exact) mass is 239 g/mol. The van der Waals surface area contributed by atoms with Gasteiger partial charge < -0.3 is 5.32 Å². The number of likely N-dealkylation sites (N-methyl/N-ethyl adjacent to an activating group) is 1. The van der Waals surface area contributed by atoms with Gasteiger partial charge in [-0.05, 0) is 38.9 Å². The number of aryl methyl sites for hydroxylation is 1. The lowest BCUT2D eigenvalue weighted by Gasteiger charge is -2.24. The first-order chi connectivity index (χ1) is 7.38. The topological polar surface area (TPSA) is 29.1 Å². The van der Waals surface area contributed by atoms with Crippen molar-refractivity contribution in [3.05, 3.63) is 34.3 Å². The van der Waals surface area contributed by atoms with Gasteiger partial charge in [0.05, 0.1) is 5.54 Å². The van der Waals surface area contributed by atoms with Crippen molar-refractivity contribution < 1.29 is 4.79 Å². The maximum atomic E-state index is 12.2. The van der Waals surface area contributed by atoms with Crippen molar-refractivity contribution in [3.63, 3.8) is 0 Å². The van der Waals surface area contributed by atoms with Crippen LogP contribution in [0.4, 0.5) is 0 Å². The van der Waals surface area contributed by atoms with Crippen molar-refractivity contribution in [2.24, 2.45) is 0 Å². The molecule has 1 rings (SSSR count). The molecule has 0 aliphatic carbocycles. The highest BCUT2D eigenvalue weighted by atomic mass is 35.5. The molecule has 3 heteroatoms. The predicted octanol–water partition coefficient (Wildman–Crippen LogP) is 3.22. The Hall–Kier alpha value is -0.860. The predicted molar refractivity (Wildman–Crippen MR) is 68.3 cm³/mol. The number of ketones is 1. The fourth-order valence-corrected chi connectivity index (χ4v) is 1.80. The number of carbonyl (C=O) groups excluding carboxylic acids is 1. The minimum atomic E-state index is -0.548. The fourth-order valence-electron chi connectivity index (χ4n) is 1.62. The molecular formula is C13H18ClNO. The quantitative estimate of drug-likeness (QED) is 0.818. The molecule has 0 bridgehead atoms. The molecular weight excluding hydrogens is 222 g/mol. The maximum Gasteiger partial charge on any atom is 0.182 e. The zero-order valence-electron chi connectivity index (χ0n) is 10.2. The Morgan fingerprint density at radius 1 is 1.44 bits per heavy atom. The Balaban J connectivity index is 3.01. The second kappa shape index (κ2) is 4.98. The lowest BCUT2D eigenvalue weighted by atomic mass is 9.92. The van der Waals surface area contributed by atoms with Crippen molar-refractivity contribution in [1.29, 1.82) is 0 Å². The molecule has 0 aliphatic rings. The van der Waals surface area contributed by atoms with Gasteiger partial charge in [-0.2, -0.15) is 0 Å². The normalized spacial score (nSPS) is 11.6. The van der Waals surface area contributed by atoms with Crippen LogP contribution in [0, 0.1) is 6.92 Å². The average molecular weight is 240 g/mol. The van der Waals surface area contributed by atoms with Gasteiger partial charge in [0.1, 0.15) is 0 Å². The molecule has 2 nitrogen and oxygen atoms in total. The second-order valence-corrected chi connectivity index (χ2v) is 4.86. The highest BCUT2D eigenvalue weighted by Gasteiger charge is 2.27. The van der Waals surface area contributed by atoms with E-state index in [1.165, 1.54) is 0 Å². The first kappa shape index (κ1) is 13.2. The van der Waals surface area contributed by atoms with E-state index < -0.39 is 5.54 Å². The molecule has 1 aromatic rings. The van der Waals surface area contributed by atoms with Gasteiger partial charge >= 0.3 is 0 Å². The minimum Gasteiger partial charge on any atom is -0.305 e. The first-order valence-corrected chi connectivity index (χ1v) is 5.82. The number of hydrogen-bond acceptors (Lipinski definition) is 2. The minimum absolute atomic E-state index is 0.0660. The Labute approximate surface area is 102 Å². The molecule has 0 radical (unpaired) electrons. The highest BCUT2D eigenvalue weighted by Crippen LogP contribution is 2.20. The Bertz CT molecular complexity index is 399. The zero-order valence-corrected chi connectivity index (χ0v) is 11.0. The maximum absolute atomic E-state index is 12.2. The average Bonchev–Trinajstić information content (AvgIpc) is 2.21. The molecule has 0 unspecified atom stereocenters. The molecule has 1 aromatic carbocycles. The molecule has 16 heavy (non-hydrogen) atoms. The molecule has 0 fully saturated rings. The summed E-state index contributed by atoms with van der Waals surface area (Å²) in [5.74, 6) is 0.0660. The third-order valence-electron chi connectivity index (χ3n) is 2.62. The van der Waals surface area contributed by atoms with E-state index in [1.807, 2.05) is 39.8 Å². The summed E-state index contributed by atoms with van der Waals surface area (Å²) in [6.45, 7) is 8.43. The fraction of sp³-hybridized carbons (Fsp3) is 0.462. The summed E-state index contributed by atoms with van der Waals surface area (Å²) < 4.78 is 0. The van der Waals surface area contributed by atoms with Gasteiger partial charge in [-0.3, -0.25) is 4.79 Å². The van der Waals surface area contributed by atoms with E-state index >= 15 is 0 Å². The van der Waals surface area contributed by atoms with E-state index in [9.17, 15) is 4.79 Å². The Morgan fingerprint density at radius 3 is 2.56 bits per heavy atom. The standard InChI is InChI=1S/C13H18ClNO/c1-5-15-13(3,4)12(16)10-7-6-9(2)11(14)8-10/h6-8,15H,5H2,1-4H3. The third kappa shape index (κ3) is 2.83. The van der Waals surface area contributed by atoms with E-state index in [0.717, 1.165) is 12.1 Å². The highest BCUT2D eigenvalue weighted by molar-refractivity contribution is 6.31. The number of halogens is 1. The molecule has 0 saturated carbocycles. The van der Waals surface area contributed by atoms with Crippen molar-refractivity contribution in [2.75, 3.05) is 6.54 Å². The summed E-state index contributed by atoms with van der Waals surface area (Å²) in [6.07, 6.45) is 0. The summed E-state index contributed by atoms with van der Waals surface area (Å²) in [5.41, 5.74) is 1.09. The van der Waals surface area contributed by atoms with E-state index in [1.54, 1.807) is 6.07 Å². The lowest BCUT2D eigenvalue weighted by molar-refractivity contribution is 0.0884. The van der Waals surface area contributed by atoms with Crippen LogP contribution in [0.1, 0.15) is 36.7 Å². The smallest absolute Gasteiger partial charge is 0.182 e. The van der Waals surface area contributed by atoms with Crippen LogP contribution in [0.15, 0.2) is 18.2 Å².